The predicted molar refractivity (Wildman–Crippen MR) is 118 cm³/mol. The number of aliphatic carboxylic acids is 1. The van der Waals surface area contributed by atoms with Gasteiger partial charge in [-0.05, 0) is 53.3 Å². The van der Waals surface area contributed by atoms with Crippen LogP contribution in [0.5, 0.6) is 0 Å². The van der Waals surface area contributed by atoms with Gasteiger partial charge in [0.2, 0.25) is 0 Å². The van der Waals surface area contributed by atoms with Crippen LogP contribution in [0.25, 0.3) is 11.1 Å². The molecule has 0 bridgehead atoms. The molecule has 1 amide bonds. The van der Waals surface area contributed by atoms with Crippen molar-refractivity contribution in [3.63, 3.8) is 0 Å². The van der Waals surface area contributed by atoms with Crippen LogP contribution in [0.2, 0.25) is 0 Å². The number of carboxylic acids is 1. The molecule has 0 heterocycles. The Morgan fingerprint density at radius 1 is 0.848 bits per heavy atom. The number of nitrogens with one attached hydrogen (secondary N) is 1. The fourth-order valence-electron chi connectivity index (χ4n) is 3.60. The van der Waals surface area contributed by atoms with Gasteiger partial charge in [0.05, 0.1) is 0 Å². The first-order valence-corrected chi connectivity index (χ1v) is 10.5. The van der Waals surface area contributed by atoms with Gasteiger partial charge in [-0.25, -0.2) is 13.6 Å². The van der Waals surface area contributed by atoms with E-state index in [9.17, 15) is 28.3 Å². The van der Waals surface area contributed by atoms with Gasteiger partial charge >= 0.3 is 5.97 Å². The highest BCUT2D eigenvalue weighted by molar-refractivity contribution is 5.99. The standard InChI is InChI=1S/C26H21F2NO4/c27-21-10-9-20(23(28)15-21)14-22(30)13-16-1-3-17(4-2-16)18-5-7-19(8-6-18)24(31)29-26(11-12-26)25(32)33/h1-10,15H,11-14H2,(H,29,31)(H,32,33). The summed E-state index contributed by atoms with van der Waals surface area (Å²) in [4.78, 5) is 35.8. The third-order valence-corrected chi connectivity index (χ3v) is 5.75. The van der Waals surface area contributed by atoms with E-state index in [4.69, 9.17) is 0 Å². The Morgan fingerprint density at radius 3 is 2.00 bits per heavy atom. The first-order valence-electron chi connectivity index (χ1n) is 10.5. The highest BCUT2D eigenvalue weighted by Gasteiger charge is 2.51. The van der Waals surface area contributed by atoms with Crippen molar-refractivity contribution < 1.29 is 28.3 Å². The van der Waals surface area contributed by atoms with Crippen molar-refractivity contribution >= 4 is 17.7 Å². The molecule has 3 aromatic carbocycles. The third-order valence-electron chi connectivity index (χ3n) is 5.75. The summed E-state index contributed by atoms with van der Waals surface area (Å²) in [5, 5.41) is 11.8. The lowest BCUT2D eigenvalue weighted by Crippen LogP contribution is -2.43. The molecular formula is C26H21F2NO4. The van der Waals surface area contributed by atoms with E-state index in [1.54, 1.807) is 36.4 Å². The van der Waals surface area contributed by atoms with E-state index in [0.717, 1.165) is 28.8 Å². The Kier molecular flexibility index (Phi) is 6.05. The molecule has 33 heavy (non-hydrogen) atoms. The minimum atomic E-state index is -1.13. The predicted octanol–water partition coefficient (Wildman–Crippen LogP) is 4.33. The molecule has 0 aliphatic heterocycles. The molecular weight excluding hydrogens is 428 g/mol. The molecule has 5 nitrogen and oxygen atoms in total. The van der Waals surface area contributed by atoms with Crippen LogP contribution in [-0.2, 0) is 22.4 Å². The number of amides is 1. The van der Waals surface area contributed by atoms with Crippen molar-refractivity contribution in [2.24, 2.45) is 0 Å². The number of hydrogen-bond donors (Lipinski definition) is 2. The molecule has 3 aromatic rings. The summed E-state index contributed by atoms with van der Waals surface area (Å²) < 4.78 is 26.7. The lowest BCUT2D eigenvalue weighted by atomic mass is 9.99. The number of benzene rings is 3. The molecule has 7 heteroatoms. The van der Waals surface area contributed by atoms with Gasteiger partial charge < -0.3 is 10.4 Å². The van der Waals surface area contributed by atoms with Gasteiger partial charge in [-0.15, -0.1) is 0 Å². The fourth-order valence-corrected chi connectivity index (χ4v) is 3.60. The number of halogens is 2. The highest BCUT2D eigenvalue weighted by Crippen LogP contribution is 2.35. The topological polar surface area (TPSA) is 83.5 Å². The minimum Gasteiger partial charge on any atom is -0.480 e. The summed E-state index contributed by atoms with van der Waals surface area (Å²) in [6.45, 7) is 0. The molecule has 0 aromatic heterocycles. The van der Waals surface area contributed by atoms with Gasteiger partial charge in [0.15, 0.2) is 0 Å². The van der Waals surface area contributed by atoms with Crippen molar-refractivity contribution in [1.29, 1.82) is 0 Å². The van der Waals surface area contributed by atoms with Crippen LogP contribution in [0.4, 0.5) is 8.78 Å². The zero-order valence-electron chi connectivity index (χ0n) is 17.6. The zero-order valence-corrected chi connectivity index (χ0v) is 17.6. The smallest absolute Gasteiger partial charge is 0.329 e. The maximum Gasteiger partial charge on any atom is 0.329 e. The lowest BCUT2D eigenvalue weighted by molar-refractivity contribution is -0.140. The SMILES string of the molecule is O=C(Cc1ccc(-c2ccc(C(=O)NC3(C(=O)O)CC3)cc2)cc1)Cc1ccc(F)cc1F. The largest absolute Gasteiger partial charge is 0.480 e. The molecule has 168 valence electrons. The second kappa shape index (κ2) is 8.94. The van der Waals surface area contributed by atoms with Crippen LogP contribution in [-0.4, -0.2) is 28.3 Å². The van der Waals surface area contributed by atoms with Crippen molar-refractivity contribution in [1.82, 2.24) is 5.32 Å². The summed E-state index contributed by atoms with van der Waals surface area (Å²) in [6.07, 6.45) is 0.877. The number of carbonyl (C=O) groups is 3. The molecule has 1 aliphatic rings. The first-order chi connectivity index (χ1) is 15.8. The lowest BCUT2D eigenvalue weighted by Gasteiger charge is -2.12. The van der Waals surface area contributed by atoms with E-state index in [2.05, 4.69) is 5.32 Å². The van der Waals surface area contributed by atoms with E-state index in [1.807, 2.05) is 12.1 Å². The first kappa shape index (κ1) is 22.3. The molecule has 1 fully saturated rings. The number of hydrogen-bond acceptors (Lipinski definition) is 3. The number of carboxylic acid groups (broad SMARTS) is 1. The molecule has 2 N–H and O–H groups in total. The molecule has 0 unspecified atom stereocenters. The summed E-state index contributed by atoms with van der Waals surface area (Å²) >= 11 is 0. The number of Topliss-reactive ketones (excluding diaryl/α,β-unsaturated/α-hetero) is 1. The molecule has 1 saturated carbocycles. The van der Waals surface area contributed by atoms with Crippen LogP contribution in [0.1, 0.15) is 34.3 Å². The molecule has 0 saturated heterocycles. The summed E-state index contributed by atoms with van der Waals surface area (Å²) in [6, 6.07) is 17.3. The zero-order chi connectivity index (χ0) is 23.6. The van der Waals surface area contributed by atoms with E-state index < -0.39 is 29.0 Å². The third kappa shape index (κ3) is 5.14. The van der Waals surface area contributed by atoms with Gasteiger partial charge in [0.1, 0.15) is 23.0 Å². The molecule has 0 atom stereocenters. The summed E-state index contributed by atoms with van der Waals surface area (Å²) in [5.41, 5.74) is 1.92. The van der Waals surface area contributed by atoms with E-state index in [1.165, 1.54) is 6.07 Å². The summed E-state index contributed by atoms with van der Waals surface area (Å²) in [7, 11) is 0. The minimum absolute atomic E-state index is 0.111. The van der Waals surface area contributed by atoms with Crippen molar-refractivity contribution in [3.8, 4) is 11.1 Å². The van der Waals surface area contributed by atoms with Gasteiger partial charge in [-0.2, -0.15) is 0 Å². The molecule has 1 aliphatic carbocycles. The van der Waals surface area contributed by atoms with Crippen molar-refractivity contribution in [2.75, 3.05) is 0 Å². The average Bonchev–Trinajstić information content (AvgIpc) is 3.57. The van der Waals surface area contributed by atoms with Crippen LogP contribution >= 0.6 is 0 Å². The van der Waals surface area contributed by atoms with Crippen LogP contribution in [0.15, 0.2) is 66.7 Å². The quantitative estimate of drug-likeness (QED) is 0.536. The number of rotatable bonds is 8. The second-order valence-electron chi connectivity index (χ2n) is 8.24. The molecule has 0 spiro atoms. The van der Waals surface area contributed by atoms with Crippen LogP contribution in [0.3, 0.4) is 0 Å². The van der Waals surface area contributed by atoms with Gasteiger partial charge in [-0.3, -0.25) is 9.59 Å². The summed E-state index contributed by atoms with van der Waals surface area (Å²) in [5.74, 6) is -3.04. The monoisotopic (exact) mass is 449 g/mol. The maximum absolute atomic E-state index is 13.7. The van der Waals surface area contributed by atoms with Crippen molar-refractivity contribution in [2.45, 2.75) is 31.2 Å². The second-order valence-corrected chi connectivity index (χ2v) is 8.24. The van der Waals surface area contributed by atoms with E-state index in [0.29, 0.717) is 18.4 Å². The normalized spacial score (nSPS) is 13.9. The highest BCUT2D eigenvalue weighted by atomic mass is 19.1. The van der Waals surface area contributed by atoms with E-state index >= 15 is 0 Å². The number of carbonyl (C=O) groups excluding carboxylic acids is 2. The Labute approximate surface area is 189 Å². The van der Waals surface area contributed by atoms with E-state index in [-0.39, 0.29) is 24.2 Å². The van der Waals surface area contributed by atoms with Gasteiger partial charge in [0, 0.05) is 24.5 Å². The average molecular weight is 449 g/mol. The Bertz CT molecular complexity index is 1220. The van der Waals surface area contributed by atoms with Gasteiger partial charge in [0.25, 0.3) is 5.91 Å². The Morgan fingerprint density at radius 2 is 1.45 bits per heavy atom. The van der Waals surface area contributed by atoms with Crippen LogP contribution in [0, 0.1) is 11.6 Å². The van der Waals surface area contributed by atoms with Crippen LogP contribution < -0.4 is 5.32 Å². The molecule has 0 radical (unpaired) electrons. The number of ketones is 1. The fraction of sp³-hybridized carbons (Fsp3) is 0.192. The maximum atomic E-state index is 13.7. The Balaban J connectivity index is 1.37. The Hall–Kier alpha value is -3.87. The van der Waals surface area contributed by atoms with Crippen molar-refractivity contribution in [3.05, 3.63) is 95.1 Å². The van der Waals surface area contributed by atoms with Gasteiger partial charge in [-0.1, -0.05) is 42.5 Å². The molecule has 4 rings (SSSR count).